The number of hydrogen-bond donors (Lipinski definition) is 1. The maximum Gasteiger partial charge on any atom is 0.416 e. The van der Waals surface area contributed by atoms with Crippen LogP contribution >= 0.6 is 0 Å². The summed E-state index contributed by atoms with van der Waals surface area (Å²) in [5.74, 6) is -1.01. The normalized spacial score (nSPS) is 12.9. The Kier molecular flexibility index (Phi) is 3.07. The number of phenolic OH excluding ortho intramolecular Hbond substituents is 1. The van der Waals surface area contributed by atoms with Gasteiger partial charge >= 0.3 is 12.4 Å². The number of benzene rings is 1. The lowest BCUT2D eigenvalue weighted by Crippen LogP contribution is -2.12. The summed E-state index contributed by atoms with van der Waals surface area (Å²) in [6.45, 7) is 0. The average molecular weight is 244 g/mol. The standard InChI is InChI=1S/C9H6F6O/c10-8(11,12)4-5-1-2-6(3-7(5)16)9(13,14)15/h1-3,16H,4H2. The van der Waals surface area contributed by atoms with Crippen molar-refractivity contribution in [2.24, 2.45) is 0 Å². The van der Waals surface area contributed by atoms with Gasteiger partial charge in [0.25, 0.3) is 0 Å². The Labute approximate surface area is 86.3 Å². The van der Waals surface area contributed by atoms with Crippen molar-refractivity contribution in [3.8, 4) is 5.75 Å². The molecular formula is C9H6F6O. The predicted octanol–water partition coefficient (Wildman–Crippen LogP) is 3.52. The Hall–Kier alpha value is -1.40. The zero-order valence-corrected chi connectivity index (χ0v) is 7.65. The molecule has 7 heteroatoms. The Morgan fingerprint density at radius 1 is 1.00 bits per heavy atom. The number of halogens is 6. The van der Waals surface area contributed by atoms with Gasteiger partial charge in [0.2, 0.25) is 0 Å². The molecular weight excluding hydrogens is 238 g/mol. The Balaban J connectivity index is 3.01. The first-order valence-corrected chi connectivity index (χ1v) is 4.05. The molecule has 0 fully saturated rings. The summed E-state index contributed by atoms with van der Waals surface area (Å²) in [4.78, 5) is 0. The van der Waals surface area contributed by atoms with Crippen LogP contribution in [0.1, 0.15) is 11.1 Å². The second-order valence-electron chi connectivity index (χ2n) is 3.13. The van der Waals surface area contributed by atoms with E-state index in [1.54, 1.807) is 0 Å². The van der Waals surface area contributed by atoms with Gasteiger partial charge in [-0.05, 0) is 12.1 Å². The van der Waals surface area contributed by atoms with Crippen LogP contribution in [0.3, 0.4) is 0 Å². The van der Waals surface area contributed by atoms with Gasteiger partial charge in [-0.1, -0.05) is 6.07 Å². The molecule has 0 aliphatic rings. The van der Waals surface area contributed by atoms with Crippen LogP contribution in [-0.4, -0.2) is 11.3 Å². The zero-order valence-electron chi connectivity index (χ0n) is 7.65. The summed E-state index contributed by atoms with van der Waals surface area (Å²) in [6, 6.07) is 1.40. The fraction of sp³-hybridized carbons (Fsp3) is 0.333. The minimum absolute atomic E-state index is 0.279. The van der Waals surface area contributed by atoms with Crippen molar-refractivity contribution in [2.75, 3.05) is 0 Å². The molecule has 0 saturated heterocycles. The molecule has 1 rings (SSSR count). The fourth-order valence-corrected chi connectivity index (χ4v) is 1.11. The van der Waals surface area contributed by atoms with Gasteiger partial charge in [0.15, 0.2) is 0 Å². The first-order valence-electron chi connectivity index (χ1n) is 4.05. The minimum atomic E-state index is -4.69. The van der Waals surface area contributed by atoms with Crippen molar-refractivity contribution >= 4 is 0 Å². The Morgan fingerprint density at radius 3 is 1.94 bits per heavy atom. The molecule has 1 N–H and O–H groups in total. The van der Waals surface area contributed by atoms with Gasteiger partial charge in [0.05, 0.1) is 12.0 Å². The van der Waals surface area contributed by atoms with E-state index in [9.17, 15) is 26.3 Å². The molecule has 0 saturated carbocycles. The summed E-state index contributed by atoms with van der Waals surface area (Å²) >= 11 is 0. The third-order valence-electron chi connectivity index (χ3n) is 1.80. The van der Waals surface area contributed by atoms with Crippen molar-refractivity contribution in [3.05, 3.63) is 29.3 Å². The van der Waals surface area contributed by atoms with Gasteiger partial charge in [-0.15, -0.1) is 0 Å². The summed E-state index contributed by atoms with van der Waals surface area (Å²) in [5.41, 5.74) is -1.77. The Bertz CT molecular complexity index is 379. The van der Waals surface area contributed by atoms with E-state index < -0.39 is 35.6 Å². The monoisotopic (exact) mass is 244 g/mol. The zero-order chi connectivity index (χ0) is 12.6. The highest BCUT2D eigenvalue weighted by molar-refractivity contribution is 5.38. The molecule has 0 unspecified atom stereocenters. The molecule has 0 bridgehead atoms. The first-order chi connectivity index (χ1) is 7.09. The third kappa shape index (κ3) is 3.32. The van der Waals surface area contributed by atoms with Crippen molar-refractivity contribution < 1.29 is 31.4 Å². The lowest BCUT2D eigenvalue weighted by atomic mass is 10.1. The molecule has 90 valence electrons. The summed E-state index contributed by atoms with van der Waals surface area (Å²) in [5, 5.41) is 9.02. The topological polar surface area (TPSA) is 20.2 Å². The quantitative estimate of drug-likeness (QED) is 0.749. The third-order valence-corrected chi connectivity index (χ3v) is 1.80. The second kappa shape index (κ2) is 3.88. The second-order valence-corrected chi connectivity index (χ2v) is 3.13. The lowest BCUT2D eigenvalue weighted by Gasteiger charge is -2.11. The van der Waals surface area contributed by atoms with Crippen LogP contribution in [0.25, 0.3) is 0 Å². The number of phenols is 1. The molecule has 0 aromatic heterocycles. The number of aromatic hydroxyl groups is 1. The van der Waals surface area contributed by atoms with E-state index in [4.69, 9.17) is 5.11 Å². The SMILES string of the molecule is Oc1cc(C(F)(F)F)ccc1CC(F)(F)F. The smallest absolute Gasteiger partial charge is 0.416 e. The maximum absolute atomic E-state index is 12.1. The number of rotatable bonds is 1. The molecule has 0 spiro atoms. The first kappa shape index (κ1) is 12.7. The molecule has 0 atom stereocenters. The lowest BCUT2D eigenvalue weighted by molar-refractivity contribution is -0.137. The number of hydrogen-bond acceptors (Lipinski definition) is 1. The van der Waals surface area contributed by atoms with E-state index in [1.165, 1.54) is 0 Å². The van der Waals surface area contributed by atoms with Gasteiger partial charge in [0.1, 0.15) is 5.75 Å². The highest BCUT2D eigenvalue weighted by atomic mass is 19.4. The molecule has 1 nitrogen and oxygen atoms in total. The molecule has 0 radical (unpaired) electrons. The van der Waals surface area contributed by atoms with E-state index in [0.717, 1.165) is 0 Å². The molecule has 0 amide bonds. The number of alkyl halides is 6. The summed E-state index contributed by atoms with van der Waals surface area (Å²) in [6.07, 6.45) is -10.7. The van der Waals surface area contributed by atoms with Crippen LogP contribution in [0.5, 0.6) is 5.75 Å². The van der Waals surface area contributed by atoms with Crippen LogP contribution in [0.2, 0.25) is 0 Å². The van der Waals surface area contributed by atoms with Crippen molar-refractivity contribution in [1.29, 1.82) is 0 Å². The molecule has 1 aromatic carbocycles. The summed E-state index contributed by atoms with van der Waals surface area (Å²) in [7, 11) is 0. The van der Waals surface area contributed by atoms with Crippen LogP contribution in [0, 0.1) is 0 Å². The average Bonchev–Trinajstić information content (AvgIpc) is 2.04. The maximum atomic E-state index is 12.1. The predicted molar refractivity (Wildman–Crippen MR) is 42.9 cm³/mol. The van der Waals surface area contributed by atoms with Gasteiger partial charge in [0, 0.05) is 5.56 Å². The summed E-state index contributed by atoms with van der Waals surface area (Å²) < 4.78 is 72.1. The molecule has 0 aliphatic carbocycles. The van der Waals surface area contributed by atoms with Crippen LogP contribution < -0.4 is 0 Å². The molecule has 0 heterocycles. The van der Waals surface area contributed by atoms with Crippen molar-refractivity contribution in [1.82, 2.24) is 0 Å². The minimum Gasteiger partial charge on any atom is -0.508 e. The van der Waals surface area contributed by atoms with E-state index >= 15 is 0 Å². The van der Waals surface area contributed by atoms with Crippen molar-refractivity contribution in [3.63, 3.8) is 0 Å². The van der Waals surface area contributed by atoms with E-state index in [0.29, 0.717) is 12.1 Å². The van der Waals surface area contributed by atoms with Gasteiger partial charge in [-0.2, -0.15) is 26.3 Å². The van der Waals surface area contributed by atoms with Gasteiger partial charge in [-0.3, -0.25) is 0 Å². The fourth-order valence-electron chi connectivity index (χ4n) is 1.11. The van der Waals surface area contributed by atoms with Crippen molar-refractivity contribution in [2.45, 2.75) is 18.8 Å². The van der Waals surface area contributed by atoms with Crippen LogP contribution in [0.15, 0.2) is 18.2 Å². The molecule has 1 aromatic rings. The largest absolute Gasteiger partial charge is 0.508 e. The van der Waals surface area contributed by atoms with Gasteiger partial charge < -0.3 is 5.11 Å². The van der Waals surface area contributed by atoms with E-state index in [1.807, 2.05) is 0 Å². The molecule has 0 aliphatic heterocycles. The van der Waals surface area contributed by atoms with E-state index in [2.05, 4.69) is 0 Å². The van der Waals surface area contributed by atoms with E-state index in [-0.39, 0.29) is 6.07 Å². The van der Waals surface area contributed by atoms with Gasteiger partial charge in [-0.25, -0.2) is 0 Å². The highest BCUT2D eigenvalue weighted by Gasteiger charge is 2.33. The van der Waals surface area contributed by atoms with Crippen LogP contribution in [0.4, 0.5) is 26.3 Å². The Morgan fingerprint density at radius 2 is 1.56 bits per heavy atom. The van der Waals surface area contributed by atoms with Crippen LogP contribution in [-0.2, 0) is 12.6 Å². The highest BCUT2D eigenvalue weighted by Crippen LogP contribution is 2.34. The molecule has 16 heavy (non-hydrogen) atoms.